The number of aromatic amines is 1. The second-order valence-corrected chi connectivity index (χ2v) is 5.70. The third-order valence-electron chi connectivity index (χ3n) is 3.93. The molecule has 1 aromatic heterocycles. The van der Waals surface area contributed by atoms with Crippen molar-refractivity contribution >= 4 is 16.8 Å². The maximum atomic E-state index is 11.9. The Kier molecular flexibility index (Phi) is 6.45. The minimum atomic E-state index is -0.353. The SMILES string of the molecule is [Fm].[NH-]OCC(=O)NC(COCc1ccccc1)c1c[nH]c2ccccc12. The Morgan fingerprint density at radius 2 is 1.85 bits per heavy atom. The van der Waals surface area contributed by atoms with Crippen LogP contribution >= 0.6 is 0 Å². The molecule has 0 saturated carbocycles. The number of carbonyl (C=O) groups excluding carboxylic acids is 1. The first-order valence-corrected chi connectivity index (χ1v) is 8.03. The topological polar surface area (TPSA) is 87.2 Å². The van der Waals surface area contributed by atoms with Crippen molar-refractivity contribution < 1.29 is 14.4 Å². The third-order valence-corrected chi connectivity index (χ3v) is 3.93. The summed E-state index contributed by atoms with van der Waals surface area (Å²) in [5.41, 5.74) is 3.01. The second kappa shape index (κ2) is 8.98. The molecule has 7 heteroatoms. The molecular weight excluding hydrogens is 575 g/mol. The van der Waals surface area contributed by atoms with Crippen molar-refractivity contribution in [3.63, 3.8) is 0 Å². The van der Waals surface area contributed by atoms with Crippen LogP contribution in [0.1, 0.15) is 17.2 Å². The smallest absolute Gasteiger partial charge is 0.244 e. The molecule has 3 rings (SSSR count). The van der Waals surface area contributed by atoms with Crippen molar-refractivity contribution in [2.24, 2.45) is 0 Å². The molecule has 26 heavy (non-hydrogen) atoms. The summed E-state index contributed by atoms with van der Waals surface area (Å²) in [7, 11) is 0. The van der Waals surface area contributed by atoms with Gasteiger partial charge in [0.15, 0.2) is 0 Å². The Bertz CT molecular complexity index is 823. The Hall–Kier alpha value is -3.67. The van der Waals surface area contributed by atoms with Gasteiger partial charge in [0, 0.05) is 22.7 Å². The summed E-state index contributed by atoms with van der Waals surface area (Å²) < 4.78 is 5.82. The Labute approximate surface area is 145 Å². The zero-order valence-corrected chi connectivity index (χ0v) is 16.4. The summed E-state index contributed by atoms with van der Waals surface area (Å²) in [5, 5.41) is 3.90. The van der Waals surface area contributed by atoms with Crippen molar-refractivity contribution in [1.82, 2.24) is 10.3 Å². The normalized spacial score (nSPS) is 11.7. The number of fused-ring (bicyclic) bond motifs is 1. The molecule has 0 fully saturated rings. The van der Waals surface area contributed by atoms with Crippen molar-refractivity contribution in [1.29, 1.82) is 0 Å². The number of ether oxygens (including phenoxy) is 1. The van der Waals surface area contributed by atoms with Crippen LogP contribution in [0.15, 0.2) is 60.8 Å². The van der Waals surface area contributed by atoms with Gasteiger partial charge in [-0.25, -0.2) is 0 Å². The van der Waals surface area contributed by atoms with Crippen LogP contribution in [0.4, 0.5) is 0 Å². The quantitative estimate of drug-likeness (QED) is 0.391. The predicted octanol–water partition coefficient (Wildman–Crippen LogP) is 3.53. The molecule has 1 atom stereocenters. The Balaban J connectivity index is 0.00000243. The van der Waals surface area contributed by atoms with Crippen LogP contribution in [0.25, 0.3) is 16.8 Å². The van der Waals surface area contributed by atoms with Crippen LogP contribution in [0, 0.1) is 0 Å². The third kappa shape index (κ3) is 4.45. The standard InChI is InChI=1S/C19H20N3O3.Fm/c20-25-13-19(23)22-18(12-24-11-14-6-2-1-3-7-14)16-10-21-17-9-5-4-8-15(16)17;/h1-10,18,20-21H,11-13H2,(H,22,23);/q-1;. The number of para-hydroxylation sites is 1. The first-order chi connectivity index (χ1) is 12.3. The van der Waals surface area contributed by atoms with E-state index in [4.69, 9.17) is 10.6 Å². The van der Waals surface area contributed by atoms with Crippen LogP contribution in [-0.2, 0) is 21.0 Å². The fraction of sp³-hybridized carbons (Fsp3) is 0.211. The average Bonchev–Trinajstić information content (AvgIpc) is 3.06. The fourth-order valence-corrected chi connectivity index (χ4v) is 2.76. The van der Waals surface area contributed by atoms with E-state index in [0.717, 1.165) is 22.0 Å². The van der Waals surface area contributed by atoms with E-state index in [2.05, 4.69) is 15.1 Å². The van der Waals surface area contributed by atoms with Crippen molar-refractivity contribution in [3.8, 4) is 0 Å². The van der Waals surface area contributed by atoms with Crippen molar-refractivity contribution in [3.05, 3.63) is 77.8 Å². The Morgan fingerprint density at radius 3 is 2.62 bits per heavy atom. The molecular formula is C19H20FmN3O3-. The number of nitrogens with one attached hydrogen (secondary N) is 3. The molecule has 1 amide bonds. The minimum Gasteiger partial charge on any atom is -0.549 e. The van der Waals surface area contributed by atoms with Gasteiger partial charge in [0.1, 0.15) is 6.61 Å². The molecule has 142 valence electrons. The molecule has 0 aliphatic carbocycles. The maximum absolute atomic E-state index is 11.9. The molecule has 0 radical (unpaired) electrons. The van der Waals surface area contributed by atoms with Crippen LogP contribution in [-0.4, -0.2) is 24.1 Å². The number of benzene rings is 2. The zero-order chi connectivity index (χ0) is 17.5. The van der Waals surface area contributed by atoms with Crippen LogP contribution in [0.5, 0.6) is 0 Å². The minimum absolute atomic E-state index is 0. The van der Waals surface area contributed by atoms with Crippen molar-refractivity contribution in [2.45, 2.75) is 12.6 Å². The molecule has 0 bridgehead atoms. The molecule has 0 spiro atoms. The number of carbonyl (C=O) groups is 1. The van der Waals surface area contributed by atoms with Gasteiger partial charge < -0.3 is 25.8 Å². The molecule has 1 heterocycles. The largest absolute Gasteiger partial charge is 0.549 e. The molecule has 0 saturated heterocycles. The summed E-state index contributed by atoms with van der Waals surface area (Å²) in [4.78, 5) is 19.3. The van der Waals surface area contributed by atoms with Gasteiger partial charge in [-0.05, 0) is 11.6 Å². The number of H-pyrrole nitrogens is 1. The molecule has 0 aliphatic heterocycles. The summed E-state index contributed by atoms with van der Waals surface area (Å²) in [6.07, 6.45) is 1.88. The first kappa shape index (κ1) is 18.7. The van der Waals surface area contributed by atoms with Crippen LogP contribution in [0.3, 0.4) is 0 Å². The molecule has 2 aromatic carbocycles. The summed E-state index contributed by atoms with van der Waals surface area (Å²) >= 11 is 0. The number of rotatable bonds is 8. The average molecular weight is 595 g/mol. The van der Waals surface area contributed by atoms with Crippen LogP contribution in [0.2, 0.25) is 0 Å². The van der Waals surface area contributed by atoms with Gasteiger partial charge >= 0.3 is 0 Å². The van der Waals surface area contributed by atoms with Gasteiger partial charge in [0.05, 0.1) is 19.3 Å². The van der Waals surface area contributed by atoms with E-state index in [-0.39, 0.29) is 18.6 Å². The van der Waals surface area contributed by atoms with Gasteiger partial charge in [0.25, 0.3) is 0 Å². The molecule has 6 nitrogen and oxygen atoms in total. The van der Waals surface area contributed by atoms with E-state index in [1.807, 2.05) is 60.8 Å². The monoisotopic (exact) mass is 595 g/mol. The van der Waals surface area contributed by atoms with E-state index in [0.29, 0.717) is 13.2 Å². The van der Waals surface area contributed by atoms with E-state index in [9.17, 15) is 4.79 Å². The number of hydrogen-bond donors (Lipinski definition) is 2. The maximum Gasteiger partial charge on any atom is 0.244 e. The summed E-state index contributed by atoms with van der Waals surface area (Å²) in [6, 6.07) is 17.4. The fourth-order valence-electron chi connectivity index (χ4n) is 2.76. The molecule has 3 N–H and O–H groups in total. The molecule has 0 aliphatic rings. The number of hydrogen-bond acceptors (Lipinski definition) is 3. The Morgan fingerprint density at radius 1 is 1.12 bits per heavy atom. The van der Waals surface area contributed by atoms with E-state index >= 15 is 0 Å². The molecule has 3 aromatic rings. The first-order valence-electron chi connectivity index (χ1n) is 8.03. The summed E-state index contributed by atoms with van der Waals surface area (Å²) in [5.74, 6) is 6.38. The van der Waals surface area contributed by atoms with Gasteiger partial charge in [-0.15, -0.1) is 0 Å². The van der Waals surface area contributed by atoms with Gasteiger partial charge in [0.2, 0.25) is 5.91 Å². The van der Waals surface area contributed by atoms with Gasteiger partial charge in [-0.1, -0.05) is 48.5 Å². The van der Waals surface area contributed by atoms with E-state index in [1.165, 1.54) is 0 Å². The van der Waals surface area contributed by atoms with Gasteiger partial charge in [-0.3, -0.25) is 4.79 Å². The summed E-state index contributed by atoms with van der Waals surface area (Å²) in [6.45, 7) is 0.475. The van der Waals surface area contributed by atoms with E-state index < -0.39 is 0 Å². The number of aromatic nitrogens is 1. The van der Waals surface area contributed by atoms with Crippen LogP contribution < -0.4 is 5.32 Å². The van der Waals surface area contributed by atoms with Gasteiger partial charge in [-0.2, -0.15) is 0 Å². The second-order valence-electron chi connectivity index (χ2n) is 5.70. The number of amides is 1. The van der Waals surface area contributed by atoms with Crippen molar-refractivity contribution in [2.75, 3.05) is 13.2 Å². The molecule has 1 unspecified atom stereocenters. The predicted molar refractivity (Wildman–Crippen MR) is 95.6 cm³/mol. The zero-order valence-electron chi connectivity index (χ0n) is 14.0. The van der Waals surface area contributed by atoms with E-state index in [1.54, 1.807) is 0 Å².